The van der Waals surface area contributed by atoms with Gasteiger partial charge in [-0.1, -0.05) is 37.2 Å². The van der Waals surface area contributed by atoms with Gasteiger partial charge in [0.05, 0.1) is 17.1 Å². The van der Waals surface area contributed by atoms with E-state index in [4.69, 9.17) is 10.3 Å². The van der Waals surface area contributed by atoms with Crippen molar-refractivity contribution in [1.82, 2.24) is 20.2 Å². The van der Waals surface area contributed by atoms with Crippen LogP contribution in [0.15, 0.2) is 28.1 Å². The van der Waals surface area contributed by atoms with Crippen LogP contribution >= 0.6 is 11.3 Å². The molecule has 0 aliphatic heterocycles. The van der Waals surface area contributed by atoms with E-state index < -0.39 is 0 Å². The lowest BCUT2D eigenvalue weighted by Gasteiger charge is -2.19. The molecule has 0 spiro atoms. The van der Waals surface area contributed by atoms with Crippen LogP contribution in [0.4, 0.5) is 5.82 Å². The van der Waals surface area contributed by atoms with Gasteiger partial charge in [0.15, 0.2) is 11.6 Å². The van der Waals surface area contributed by atoms with E-state index in [1.54, 1.807) is 16.0 Å². The third-order valence-electron chi connectivity index (χ3n) is 3.11. The van der Waals surface area contributed by atoms with Gasteiger partial charge in [0.1, 0.15) is 5.69 Å². The van der Waals surface area contributed by atoms with Crippen molar-refractivity contribution in [3.63, 3.8) is 0 Å². The molecular weight excluding hydrogens is 286 g/mol. The number of thiophene rings is 1. The van der Waals surface area contributed by atoms with Crippen LogP contribution in [0.2, 0.25) is 0 Å². The standard InChI is InChI=1S/C14H17N5OS/c1-14(2,3)12-13(15)16-18-19(12)8-9-7-10(20-17-9)11-5-4-6-21-11/h4-7H,8,15H2,1-3H3. The fraction of sp³-hybridized carbons (Fsp3) is 0.357. The molecule has 0 amide bonds. The SMILES string of the molecule is CC(C)(C)c1c(N)nnn1Cc1cc(-c2cccs2)on1. The number of hydrogen-bond acceptors (Lipinski definition) is 6. The Morgan fingerprint density at radius 3 is 2.86 bits per heavy atom. The van der Waals surface area contributed by atoms with Crippen molar-refractivity contribution in [2.75, 3.05) is 5.73 Å². The van der Waals surface area contributed by atoms with Gasteiger partial charge in [-0.05, 0) is 11.4 Å². The quantitative estimate of drug-likeness (QED) is 0.804. The van der Waals surface area contributed by atoms with Gasteiger partial charge in [0.2, 0.25) is 0 Å². The van der Waals surface area contributed by atoms with Gasteiger partial charge in [-0.2, -0.15) is 0 Å². The van der Waals surface area contributed by atoms with E-state index >= 15 is 0 Å². The molecule has 0 radical (unpaired) electrons. The first kappa shape index (κ1) is 13.8. The summed E-state index contributed by atoms with van der Waals surface area (Å²) in [6.45, 7) is 6.74. The molecule has 3 rings (SSSR count). The molecule has 3 aromatic rings. The van der Waals surface area contributed by atoms with E-state index in [0.29, 0.717) is 12.4 Å². The van der Waals surface area contributed by atoms with Gasteiger partial charge in [-0.15, -0.1) is 16.4 Å². The zero-order valence-electron chi connectivity index (χ0n) is 12.2. The summed E-state index contributed by atoms with van der Waals surface area (Å²) in [6, 6.07) is 5.91. The Morgan fingerprint density at radius 2 is 2.19 bits per heavy atom. The maximum Gasteiger partial charge on any atom is 0.177 e. The molecule has 6 nitrogen and oxygen atoms in total. The van der Waals surface area contributed by atoms with Gasteiger partial charge in [-0.3, -0.25) is 0 Å². The average Bonchev–Trinajstić information content (AvgIpc) is 3.09. The Morgan fingerprint density at radius 1 is 1.38 bits per heavy atom. The Kier molecular flexibility index (Phi) is 3.29. The summed E-state index contributed by atoms with van der Waals surface area (Å²) in [4.78, 5) is 1.06. The number of anilines is 1. The Hall–Kier alpha value is -2.15. The molecule has 0 fully saturated rings. The molecule has 0 aliphatic rings. The first-order chi connectivity index (χ1) is 9.95. The second-order valence-electron chi connectivity index (χ2n) is 5.89. The van der Waals surface area contributed by atoms with Crippen molar-refractivity contribution in [3.8, 4) is 10.6 Å². The molecule has 110 valence electrons. The molecule has 0 aliphatic carbocycles. The predicted molar refractivity (Wildman–Crippen MR) is 82.1 cm³/mol. The Bertz CT molecular complexity index is 736. The molecule has 21 heavy (non-hydrogen) atoms. The van der Waals surface area contributed by atoms with Crippen LogP contribution in [0.25, 0.3) is 10.6 Å². The van der Waals surface area contributed by atoms with Crippen molar-refractivity contribution in [3.05, 3.63) is 35.0 Å². The van der Waals surface area contributed by atoms with Gasteiger partial charge in [0, 0.05) is 11.5 Å². The number of nitrogens with two attached hydrogens (primary N) is 1. The molecule has 0 unspecified atom stereocenters. The van der Waals surface area contributed by atoms with Crippen LogP contribution in [-0.2, 0) is 12.0 Å². The van der Waals surface area contributed by atoms with Crippen molar-refractivity contribution < 1.29 is 4.52 Å². The normalized spacial score (nSPS) is 12.0. The van der Waals surface area contributed by atoms with Crippen molar-refractivity contribution in [2.24, 2.45) is 0 Å². The molecule has 2 N–H and O–H groups in total. The molecule has 3 heterocycles. The molecule has 0 saturated carbocycles. The lowest BCUT2D eigenvalue weighted by atomic mass is 9.92. The summed E-state index contributed by atoms with van der Waals surface area (Å²) < 4.78 is 7.16. The van der Waals surface area contributed by atoms with Gasteiger partial charge < -0.3 is 10.3 Å². The van der Waals surface area contributed by atoms with Crippen LogP contribution in [0.1, 0.15) is 32.2 Å². The minimum atomic E-state index is -0.131. The topological polar surface area (TPSA) is 82.8 Å². The molecule has 0 saturated heterocycles. The van der Waals surface area contributed by atoms with E-state index in [0.717, 1.165) is 22.0 Å². The molecule has 0 bridgehead atoms. The first-order valence-electron chi connectivity index (χ1n) is 6.64. The maximum absolute atomic E-state index is 5.93. The van der Waals surface area contributed by atoms with Crippen molar-refractivity contribution >= 4 is 17.2 Å². The molecule has 7 heteroatoms. The Labute approximate surface area is 126 Å². The highest BCUT2D eigenvalue weighted by Gasteiger charge is 2.24. The van der Waals surface area contributed by atoms with Crippen molar-refractivity contribution in [2.45, 2.75) is 32.7 Å². The second kappa shape index (κ2) is 5.00. The Balaban J connectivity index is 1.88. The third-order valence-corrected chi connectivity index (χ3v) is 3.99. The monoisotopic (exact) mass is 303 g/mol. The lowest BCUT2D eigenvalue weighted by molar-refractivity contribution is 0.415. The molecular formula is C14H17N5OS. The van der Waals surface area contributed by atoms with Gasteiger partial charge in [0.25, 0.3) is 0 Å². The minimum absolute atomic E-state index is 0.131. The third kappa shape index (κ3) is 2.69. The predicted octanol–water partition coefficient (Wildman–Crippen LogP) is 2.92. The highest BCUT2D eigenvalue weighted by molar-refractivity contribution is 7.13. The van der Waals surface area contributed by atoms with Gasteiger partial charge >= 0.3 is 0 Å². The highest BCUT2D eigenvalue weighted by atomic mass is 32.1. The summed E-state index contributed by atoms with van der Waals surface area (Å²) in [5.41, 5.74) is 7.50. The zero-order chi connectivity index (χ0) is 15.0. The van der Waals surface area contributed by atoms with E-state index in [1.807, 2.05) is 23.6 Å². The van der Waals surface area contributed by atoms with Crippen LogP contribution in [0, 0.1) is 0 Å². The van der Waals surface area contributed by atoms with E-state index in [9.17, 15) is 0 Å². The minimum Gasteiger partial charge on any atom is -0.381 e. The first-order valence-corrected chi connectivity index (χ1v) is 7.52. The number of nitrogens with zero attached hydrogens (tertiary/aromatic N) is 4. The van der Waals surface area contributed by atoms with Crippen molar-refractivity contribution in [1.29, 1.82) is 0 Å². The molecule has 0 atom stereocenters. The average molecular weight is 303 g/mol. The van der Waals surface area contributed by atoms with E-state index in [-0.39, 0.29) is 5.41 Å². The fourth-order valence-electron chi connectivity index (χ4n) is 2.28. The van der Waals surface area contributed by atoms with E-state index in [1.165, 1.54) is 0 Å². The summed E-state index contributed by atoms with van der Waals surface area (Å²) >= 11 is 1.62. The summed E-state index contributed by atoms with van der Waals surface area (Å²) in [5.74, 6) is 1.23. The zero-order valence-corrected chi connectivity index (χ0v) is 13.0. The van der Waals surface area contributed by atoms with E-state index in [2.05, 4.69) is 36.2 Å². The fourth-order valence-corrected chi connectivity index (χ4v) is 2.96. The molecule has 0 aromatic carbocycles. The van der Waals surface area contributed by atoms with Crippen LogP contribution in [0.3, 0.4) is 0 Å². The largest absolute Gasteiger partial charge is 0.381 e. The summed E-state index contributed by atoms with van der Waals surface area (Å²) in [6.07, 6.45) is 0. The number of nitrogen functional groups attached to an aromatic ring is 1. The summed E-state index contributed by atoms with van der Waals surface area (Å²) in [5, 5.41) is 14.2. The number of rotatable bonds is 3. The van der Waals surface area contributed by atoms with Crippen LogP contribution < -0.4 is 5.73 Å². The second-order valence-corrected chi connectivity index (χ2v) is 6.84. The highest BCUT2D eigenvalue weighted by Crippen LogP contribution is 2.28. The number of hydrogen-bond donors (Lipinski definition) is 1. The lowest BCUT2D eigenvalue weighted by Crippen LogP contribution is -2.20. The molecule has 3 aromatic heterocycles. The summed E-state index contributed by atoms with van der Waals surface area (Å²) in [7, 11) is 0. The maximum atomic E-state index is 5.93. The smallest absolute Gasteiger partial charge is 0.177 e. The van der Waals surface area contributed by atoms with Crippen LogP contribution in [0.5, 0.6) is 0 Å². The van der Waals surface area contributed by atoms with Crippen LogP contribution in [-0.4, -0.2) is 20.2 Å². The van der Waals surface area contributed by atoms with Gasteiger partial charge in [-0.25, -0.2) is 4.68 Å². The number of aromatic nitrogens is 4.